The molecule has 10 nitrogen and oxygen atoms in total. The number of carbonyl (C=O) groups is 4. The molecule has 1 heterocycles. The van der Waals surface area contributed by atoms with Gasteiger partial charge in [-0.3, -0.25) is 19.7 Å². The van der Waals surface area contributed by atoms with Crippen LogP contribution in [0.5, 0.6) is 17.2 Å². The van der Waals surface area contributed by atoms with E-state index in [0.29, 0.717) is 40.1 Å². The largest absolute Gasteiger partial charge is 0.497 e. The molecule has 0 aromatic heterocycles. The number of halogens is 1. The summed E-state index contributed by atoms with van der Waals surface area (Å²) in [5.74, 6) is -0.863. The number of methoxy groups -OCH3 is 1. The van der Waals surface area contributed by atoms with Crippen molar-refractivity contribution in [2.24, 2.45) is 0 Å². The molecule has 200 valence electrons. The van der Waals surface area contributed by atoms with Crippen LogP contribution in [0.3, 0.4) is 0 Å². The number of rotatable bonds is 9. The van der Waals surface area contributed by atoms with Crippen LogP contribution in [0.1, 0.15) is 12.5 Å². The Balaban J connectivity index is 1.52. The van der Waals surface area contributed by atoms with Crippen molar-refractivity contribution in [1.29, 1.82) is 0 Å². The molecule has 39 heavy (non-hydrogen) atoms. The van der Waals surface area contributed by atoms with Gasteiger partial charge in [-0.05, 0) is 79.2 Å². The zero-order valence-electron chi connectivity index (χ0n) is 21.0. The second-order valence-corrected chi connectivity index (χ2v) is 8.58. The molecule has 1 saturated heterocycles. The van der Waals surface area contributed by atoms with Gasteiger partial charge in [-0.15, -0.1) is 0 Å². The van der Waals surface area contributed by atoms with Crippen LogP contribution in [0.2, 0.25) is 5.02 Å². The van der Waals surface area contributed by atoms with Crippen LogP contribution in [0.4, 0.5) is 16.2 Å². The number of imide groups is 2. The van der Waals surface area contributed by atoms with Gasteiger partial charge in [-0.1, -0.05) is 17.7 Å². The number of nitrogens with zero attached hydrogens (tertiary/aromatic N) is 1. The summed E-state index contributed by atoms with van der Waals surface area (Å²) in [5.41, 5.74) is 1.03. The minimum Gasteiger partial charge on any atom is -0.497 e. The lowest BCUT2D eigenvalue weighted by molar-refractivity contribution is -0.122. The van der Waals surface area contributed by atoms with Crippen LogP contribution in [-0.2, 0) is 14.4 Å². The highest BCUT2D eigenvalue weighted by molar-refractivity contribution is 6.39. The molecule has 0 radical (unpaired) electrons. The quantitative estimate of drug-likeness (QED) is 0.299. The molecule has 0 saturated carbocycles. The number of hydrogen-bond donors (Lipinski definition) is 2. The molecule has 11 heteroatoms. The first-order chi connectivity index (χ1) is 18.8. The Morgan fingerprint density at radius 3 is 2.36 bits per heavy atom. The van der Waals surface area contributed by atoms with E-state index in [1.165, 1.54) is 25.3 Å². The van der Waals surface area contributed by atoms with Gasteiger partial charge in [0.15, 0.2) is 18.1 Å². The Morgan fingerprint density at radius 2 is 1.69 bits per heavy atom. The Labute approximate surface area is 229 Å². The van der Waals surface area contributed by atoms with Crippen molar-refractivity contribution in [2.45, 2.75) is 6.92 Å². The lowest BCUT2D eigenvalue weighted by Crippen LogP contribution is -2.54. The van der Waals surface area contributed by atoms with Crippen LogP contribution in [0.15, 0.2) is 72.3 Å². The Kier molecular flexibility index (Phi) is 8.47. The molecular weight excluding hydrogens is 526 g/mol. The van der Waals surface area contributed by atoms with Crippen molar-refractivity contribution in [3.63, 3.8) is 0 Å². The molecular formula is C28H24ClN3O7. The van der Waals surface area contributed by atoms with Crippen molar-refractivity contribution in [3.8, 4) is 17.2 Å². The van der Waals surface area contributed by atoms with Crippen molar-refractivity contribution >= 4 is 52.8 Å². The van der Waals surface area contributed by atoms with Gasteiger partial charge in [0, 0.05) is 10.7 Å². The molecule has 5 amide bonds. The second kappa shape index (κ2) is 12.1. The summed E-state index contributed by atoms with van der Waals surface area (Å²) in [6, 6.07) is 16.8. The van der Waals surface area contributed by atoms with Crippen molar-refractivity contribution in [1.82, 2.24) is 5.32 Å². The number of anilines is 2. The van der Waals surface area contributed by atoms with Crippen LogP contribution in [0.25, 0.3) is 6.08 Å². The molecule has 4 rings (SSSR count). The normalized spacial score (nSPS) is 14.2. The zero-order chi connectivity index (χ0) is 27.9. The molecule has 1 aliphatic heterocycles. The average molecular weight is 550 g/mol. The third-order valence-corrected chi connectivity index (χ3v) is 5.75. The highest BCUT2D eigenvalue weighted by atomic mass is 35.5. The van der Waals surface area contributed by atoms with E-state index >= 15 is 0 Å². The average Bonchev–Trinajstić information content (AvgIpc) is 2.92. The first-order valence-corrected chi connectivity index (χ1v) is 12.2. The molecule has 0 spiro atoms. The topological polar surface area (TPSA) is 123 Å². The van der Waals surface area contributed by atoms with E-state index in [1.807, 2.05) is 0 Å². The second-order valence-electron chi connectivity index (χ2n) is 8.14. The summed E-state index contributed by atoms with van der Waals surface area (Å²) in [7, 11) is 1.50. The molecule has 0 atom stereocenters. The van der Waals surface area contributed by atoms with Gasteiger partial charge in [0.25, 0.3) is 17.7 Å². The summed E-state index contributed by atoms with van der Waals surface area (Å²) in [6.07, 6.45) is 1.35. The maximum absolute atomic E-state index is 13.2. The molecule has 3 aromatic carbocycles. The van der Waals surface area contributed by atoms with E-state index in [1.54, 1.807) is 61.5 Å². The third-order valence-electron chi connectivity index (χ3n) is 5.50. The number of nitrogens with one attached hydrogen (secondary N) is 2. The molecule has 2 N–H and O–H groups in total. The van der Waals surface area contributed by atoms with Crippen LogP contribution >= 0.6 is 11.6 Å². The van der Waals surface area contributed by atoms with E-state index in [4.69, 9.17) is 25.8 Å². The van der Waals surface area contributed by atoms with E-state index in [0.717, 1.165) is 4.90 Å². The maximum atomic E-state index is 13.2. The van der Waals surface area contributed by atoms with Crippen LogP contribution < -0.4 is 29.7 Å². The predicted molar refractivity (Wildman–Crippen MR) is 145 cm³/mol. The highest BCUT2D eigenvalue weighted by Crippen LogP contribution is 2.30. The van der Waals surface area contributed by atoms with Gasteiger partial charge >= 0.3 is 6.03 Å². The standard InChI is InChI=1S/C28H24ClN3O7/c1-3-38-24-15-17(4-13-23(24)39-16-25(33)30-19-7-5-18(29)6-8-19)14-22-26(34)31-28(36)32(27(22)35)20-9-11-21(37-2)12-10-20/h4-15H,3,16H2,1-2H3,(H,30,33)(H,31,34,36)/b22-14+. The number of ether oxygens (including phenoxy) is 3. The van der Waals surface area contributed by atoms with Crippen LogP contribution in [-0.4, -0.2) is 44.1 Å². The molecule has 0 unspecified atom stereocenters. The van der Waals surface area contributed by atoms with Gasteiger partial charge in [0.2, 0.25) is 0 Å². The molecule has 1 fully saturated rings. The first kappa shape index (κ1) is 27.2. The Morgan fingerprint density at radius 1 is 0.974 bits per heavy atom. The Bertz CT molecular complexity index is 1440. The van der Waals surface area contributed by atoms with E-state index < -0.39 is 23.8 Å². The minimum atomic E-state index is -0.858. The van der Waals surface area contributed by atoms with E-state index in [2.05, 4.69) is 10.6 Å². The first-order valence-electron chi connectivity index (χ1n) is 11.8. The smallest absolute Gasteiger partial charge is 0.335 e. The summed E-state index contributed by atoms with van der Waals surface area (Å²) >= 11 is 5.86. The molecule has 0 bridgehead atoms. The van der Waals surface area contributed by atoms with Gasteiger partial charge in [0.1, 0.15) is 11.3 Å². The number of carbonyl (C=O) groups excluding carboxylic acids is 4. The number of hydrogen-bond acceptors (Lipinski definition) is 7. The monoisotopic (exact) mass is 549 g/mol. The fraction of sp³-hybridized carbons (Fsp3) is 0.143. The van der Waals surface area contributed by atoms with Gasteiger partial charge < -0.3 is 19.5 Å². The molecule has 1 aliphatic rings. The van der Waals surface area contributed by atoms with Crippen molar-refractivity contribution < 1.29 is 33.4 Å². The van der Waals surface area contributed by atoms with Gasteiger partial charge in [-0.25, -0.2) is 9.69 Å². The van der Waals surface area contributed by atoms with Crippen molar-refractivity contribution in [3.05, 3.63) is 82.9 Å². The lowest BCUT2D eigenvalue weighted by atomic mass is 10.1. The van der Waals surface area contributed by atoms with Gasteiger partial charge in [0.05, 0.1) is 19.4 Å². The van der Waals surface area contributed by atoms with Crippen LogP contribution in [0, 0.1) is 0 Å². The number of benzene rings is 3. The highest BCUT2D eigenvalue weighted by Gasteiger charge is 2.36. The lowest BCUT2D eigenvalue weighted by Gasteiger charge is -2.26. The number of barbiturate groups is 1. The zero-order valence-corrected chi connectivity index (χ0v) is 21.8. The summed E-state index contributed by atoms with van der Waals surface area (Å²) in [6.45, 7) is 1.79. The van der Waals surface area contributed by atoms with Gasteiger partial charge in [-0.2, -0.15) is 0 Å². The summed E-state index contributed by atoms with van der Waals surface area (Å²) < 4.78 is 16.4. The third kappa shape index (κ3) is 6.55. The molecule has 0 aliphatic carbocycles. The predicted octanol–water partition coefficient (Wildman–Crippen LogP) is 4.43. The number of urea groups is 1. The Hall–Kier alpha value is -4.83. The summed E-state index contributed by atoms with van der Waals surface area (Å²) in [5, 5.41) is 5.43. The van der Waals surface area contributed by atoms with E-state index in [-0.39, 0.29) is 17.9 Å². The summed E-state index contributed by atoms with van der Waals surface area (Å²) in [4.78, 5) is 51.3. The van der Waals surface area contributed by atoms with E-state index in [9.17, 15) is 19.2 Å². The molecule has 3 aromatic rings. The van der Waals surface area contributed by atoms with Crippen molar-refractivity contribution in [2.75, 3.05) is 30.5 Å². The fourth-order valence-corrected chi connectivity index (χ4v) is 3.79. The minimum absolute atomic E-state index is 0.246. The maximum Gasteiger partial charge on any atom is 0.335 e. The number of amides is 5. The fourth-order valence-electron chi connectivity index (χ4n) is 3.67. The SMILES string of the molecule is CCOc1cc(/C=C2\C(=O)NC(=O)N(c3ccc(OC)cc3)C2=O)ccc1OCC(=O)Nc1ccc(Cl)cc1.